The molecule has 49 heavy (non-hydrogen) atoms. The number of carbonyl (C=O) groups is 4. The molecule has 3 N–H and O–H groups in total. The van der Waals surface area contributed by atoms with Crippen LogP contribution in [0.25, 0.3) is 11.8 Å². The lowest BCUT2D eigenvalue weighted by Gasteiger charge is -2.36. The quantitative estimate of drug-likeness (QED) is 0.170. The molecule has 1 aliphatic heterocycles. The van der Waals surface area contributed by atoms with Crippen molar-refractivity contribution in [2.24, 2.45) is 0 Å². The number of carboxylic acids is 1. The highest BCUT2D eigenvalue weighted by Crippen LogP contribution is 2.34. The first kappa shape index (κ1) is 32.6. The van der Waals surface area contributed by atoms with Crippen molar-refractivity contribution in [3.63, 3.8) is 0 Å². The van der Waals surface area contributed by atoms with Crippen LogP contribution < -0.4 is 10.6 Å². The third-order valence-corrected chi connectivity index (χ3v) is 7.99. The molecule has 0 bridgehead atoms. The topological polar surface area (TPSA) is 169 Å². The second-order valence-electron chi connectivity index (χ2n) is 10.9. The van der Waals surface area contributed by atoms with Crippen LogP contribution in [0.2, 0.25) is 5.02 Å². The Morgan fingerprint density at radius 3 is 2.45 bits per heavy atom. The molecule has 246 valence electrons. The molecule has 6 rings (SSSR count). The van der Waals surface area contributed by atoms with E-state index in [1.54, 1.807) is 42.5 Å². The number of hydrogen-bond donors (Lipinski definition) is 3. The Labute approximate surface area is 284 Å². The summed E-state index contributed by atoms with van der Waals surface area (Å²) in [6.07, 6.45) is 4.08. The summed E-state index contributed by atoms with van der Waals surface area (Å²) in [4.78, 5) is 53.3. The molecule has 0 spiro atoms. The summed E-state index contributed by atoms with van der Waals surface area (Å²) in [5.74, 6) is -2.10. The van der Waals surface area contributed by atoms with E-state index in [0.717, 1.165) is 11.1 Å². The third-order valence-electron chi connectivity index (χ3n) is 7.76. The lowest BCUT2D eigenvalue weighted by molar-refractivity contribution is -0.135. The lowest BCUT2D eigenvalue weighted by Crippen LogP contribution is -2.44. The summed E-state index contributed by atoms with van der Waals surface area (Å²) in [5, 5.41) is 26.5. The van der Waals surface area contributed by atoms with Crippen LogP contribution in [0.3, 0.4) is 0 Å². The Kier molecular flexibility index (Phi) is 9.72. The molecule has 1 aliphatic rings. The van der Waals surface area contributed by atoms with Gasteiger partial charge in [-0.1, -0.05) is 48.0 Å². The second kappa shape index (κ2) is 14.6. The number of nitrogens with zero attached hydrogens (tertiary/aromatic N) is 5. The van der Waals surface area contributed by atoms with Crippen LogP contribution in [0.1, 0.15) is 38.7 Å². The van der Waals surface area contributed by atoms with Crippen molar-refractivity contribution >= 4 is 52.9 Å². The smallest absolute Gasteiger partial charge is 0.411 e. The lowest BCUT2D eigenvalue weighted by atomic mass is 9.91. The number of aromatic nitrogens is 4. The molecule has 1 unspecified atom stereocenters. The van der Waals surface area contributed by atoms with E-state index in [-0.39, 0.29) is 18.7 Å². The van der Waals surface area contributed by atoms with E-state index in [1.807, 2.05) is 30.3 Å². The summed E-state index contributed by atoms with van der Waals surface area (Å²) in [7, 11) is 0. The Bertz CT molecular complexity index is 2040. The minimum atomic E-state index is -1.11. The Morgan fingerprint density at radius 1 is 0.939 bits per heavy atom. The van der Waals surface area contributed by atoms with Gasteiger partial charge in [-0.2, -0.15) is 4.68 Å². The van der Waals surface area contributed by atoms with Crippen molar-refractivity contribution in [2.75, 3.05) is 17.2 Å². The van der Waals surface area contributed by atoms with Gasteiger partial charge in [0.25, 0.3) is 5.91 Å². The van der Waals surface area contributed by atoms with Gasteiger partial charge in [0.05, 0.1) is 11.3 Å². The molecule has 5 aromatic rings. The van der Waals surface area contributed by atoms with Crippen molar-refractivity contribution in [3.05, 3.63) is 136 Å². The van der Waals surface area contributed by atoms with E-state index in [1.165, 1.54) is 46.3 Å². The van der Waals surface area contributed by atoms with Gasteiger partial charge in [0.15, 0.2) is 0 Å². The molecule has 0 radical (unpaired) electrons. The van der Waals surface area contributed by atoms with Gasteiger partial charge in [-0.25, -0.2) is 9.59 Å². The first-order valence-electron chi connectivity index (χ1n) is 15.0. The van der Waals surface area contributed by atoms with Gasteiger partial charge in [-0.05, 0) is 94.2 Å². The largest absolute Gasteiger partial charge is 0.478 e. The van der Waals surface area contributed by atoms with Crippen molar-refractivity contribution in [1.29, 1.82) is 0 Å². The molecular weight excluding hydrogens is 650 g/mol. The van der Waals surface area contributed by atoms with E-state index in [2.05, 4.69) is 26.2 Å². The zero-order valence-corrected chi connectivity index (χ0v) is 26.4. The third kappa shape index (κ3) is 7.80. The van der Waals surface area contributed by atoms with Crippen LogP contribution >= 0.6 is 11.6 Å². The highest BCUT2D eigenvalue weighted by atomic mass is 35.5. The predicted octanol–water partition coefficient (Wildman–Crippen LogP) is 5.54. The minimum Gasteiger partial charge on any atom is -0.478 e. The number of nitrogens with one attached hydrogen (secondary N) is 2. The zero-order chi connectivity index (χ0) is 34.3. The predicted molar refractivity (Wildman–Crippen MR) is 180 cm³/mol. The second-order valence-corrected chi connectivity index (χ2v) is 11.4. The van der Waals surface area contributed by atoms with E-state index in [4.69, 9.17) is 16.3 Å². The van der Waals surface area contributed by atoms with Crippen LogP contribution in [-0.4, -0.2) is 60.6 Å². The number of carbonyl (C=O) groups excluding carboxylic acids is 3. The van der Waals surface area contributed by atoms with Crippen LogP contribution in [0.15, 0.2) is 103 Å². The number of aromatic carboxylic acids is 1. The fourth-order valence-corrected chi connectivity index (χ4v) is 5.57. The maximum atomic E-state index is 14.0. The molecule has 0 fully saturated rings. The molecule has 4 aromatic carbocycles. The highest BCUT2D eigenvalue weighted by Gasteiger charge is 2.36. The summed E-state index contributed by atoms with van der Waals surface area (Å²) in [5.41, 5.74) is 4.05. The monoisotopic (exact) mass is 677 g/mol. The molecule has 0 saturated carbocycles. The number of hydrogen-bond acceptors (Lipinski definition) is 8. The molecular formula is C35H28ClN7O6. The van der Waals surface area contributed by atoms with E-state index in [0.29, 0.717) is 39.6 Å². The van der Waals surface area contributed by atoms with Gasteiger partial charge in [-0.15, -0.1) is 5.10 Å². The van der Waals surface area contributed by atoms with Crippen LogP contribution in [-0.2, 0) is 27.4 Å². The van der Waals surface area contributed by atoms with E-state index in [9.17, 15) is 24.3 Å². The average Bonchev–Trinajstić information content (AvgIpc) is 3.65. The molecule has 0 aliphatic carbocycles. The zero-order valence-electron chi connectivity index (χ0n) is 25.7. The first-order valence-corrected chi connectivity index (χ1v) is 15.4. The van der Waals surface area contributed by atoms with Gasteiger partial charge >= 0.3 is 12.1 Å². The van der Waals surface area contributed by atoms with Crippen LogP contribution in [0.4, 0.5) is 16.2 Å². The number of benzene rings is 4. The van der Waals surface area contributed by atoms with Gasteiger partial charge in [0, 0.05) is 34.6 Å². The number of rotatable bonds is 9. The summed E-state index contributed by atoms with van der Waals surface area (Å²) >= 11 is 6.25. The molecule has 1 aromatic heterocycles. The van der Waals surface area contributed by atoms with Gasteiger partial charge in [-0.3, -0.25) is 14.9 Å². The van der Waals surface area contributed by atoms with Gasteiger partial charge < -0.3 is 20.1 Å². The van der Waals surface area contributed by atoms with E-state index < -0.39 is 29.9 Å². The summed E-state index contributed by atoms with van der Waals surface area (Å²) in [6, 6.07) is 24.0. The first-order chi connectivity index (χ1) is 23.7. The van der Waals surface area contributed by atoms with Gasteiger partial charge in [0.1, 0.15) is 19.0 Å². The number of amides is 3. The van der Waals surface area contributed by atoms with Crippen LogP contribution in [0.5, 0.6) is 0 Å². The number of carboxylic acid groups (broad SMARTS) is 1. The van der Waals surface area contributed by atoms with E-state index >= 15 is 0 Å². The minimum absolute atomic E-state index is 0.0554. The Hall–Kier alpha value is -6.34. The summed E-state index contributed by atoms with van der Waals surface area (Å²) < 4.78 is 6.80. The van der Waals surface area contributed by atoms with Crippen molar-refractivity contribution in [1.82, 2.24) is 25.1 Å². The number of halogens is 1. The highest BCUT2D eigenvalue weighted by molar-refractivity contribution is 6.30. The number of anilines is 2. The maximum absolute atomic E-state index is 14.0. The van der Waals surface area contributed by atoms with Crippen LogP contribution in [0, 0.1) is 0 Å². The normalized spacial score (nSPS) is 13.8. The van der Waals surface area contributed by atoms with Gasteiger partial charge in [0.2, 0.25) is 5.91 Å². The fraction of sp³-hybridized carbons (Fsp3) is 0.114. The molecule has 1 atom stereocenters. The maximum Gasteiger partial charge on any atom is 0.411 e. The average molecular weight is 678 g/mol. The fourth-order valence-electron chi connectivity index (χ4n) is 5.39. The molecule has 3 amide bonds. The molecule has 2 heterocycles. The molecule has 13 nitrogen and oxygen atoms in total. The number of ether oxygens (including phenoxy) is 1. The standard InChI is InChI=1S/C35H28ClN7O6/c36-26-10-14-30(43-21-37-40-41-43)25(18-26)9-15-31(44)42-17-16-23-6-13-28(39-35(48)49-20-22-4-2-1-3-5-22)19-29(23)32(42)33(45)38-27-11-7-24(8-12-27)34(46)47/h1-15,18-19,21,32H,16-17,20H2,(H,38,45)(H,39,48)(H,46,47)/b15-9+. The Morgan fingerprint density at radius 2 is 1.71 bits per heavy atom. The SMILES string of the molecule is O=C(Nc1ccc2c(c1)C(C(=O)Nc1ccc(C(=O)O)cc1)N(C(=O)/C=C/c1cc(Cl)ccc1-n1cnnn1)CC2)OCc1ccccc1. The number of tetrazole rings is 1. The van der Waals surface area contributed by atoms with Crippen molar-refractivity contribution < 1.29 is 29.0 Å². The molecule has 14 heteroatoms. The number of fused-ring (bicyclic) bond motifs is 1. The summed E-state index contributed by atoms with van der Waals surface area (Å²) in [6.45, 7) is 0.285. The van der Waals surface area contributed by atoms with Crippen molar-refractivity contribution in [2.45, 2.75) is 19.1 Å². The van der Waals surface area contributed by atoms with Crippen molar-refractivity contribution in [3.8, 4) is 5.69 Å². The molecule has 0 saturated heterocycles. The Balaban J connectivity index is 1.28.